The van der Waals surface area contributed by atoms with Crippen molar-refractivity contribution in [2.75, 3.05) is 6.61 Å². The molecule has 4 aromatic carbocycles. The van der Waals surface area contributed by atoms with E-state index in [0.29, 0.717) is 0 Å². The summed E-state index contributed by atoms with van der Waals surface area (Å²) >= 11 is 0. The highest BCUT2D eigenvalue weighted by atomic mass is 16.2. The number of aliphatic hydroxyl groups is 1. The Balaban J connectivity index is 1.55. The number of aliphatic hydroxyl groups excluding tert-OH is 1. The molecule has 32 heavy (non-hydrogen) atoms. The van der Waals surface area contributed by atoms with E-state index in [2.05, 4.69) is 91.9 Å². The molecule has 6 rings (SSSR count). The van der Waals surface area contributed by atoms with Gasteiger partial charge in [0.05, 0.1) is 0 Å². The Kier molecular flexibility index (Phi) is 4.55. The lowest BCUT2D eigenvalue weighted by Gasteiger charge is -2.35. The normalized spacial score (nSPS) is 13.4. The zero-order chi connectivity index (χ0) is 21.7. The van der Waals surface area contributed by atoms with E-state index in [-0.39, 0.29) is 12.0 Å². The maximum atomic E-state index is 9.79. The van der Waals surface area contributed by atoms with E-state index in [1.807, 2.05) is 0 Å². The van der Waals surface area contributed by atoms with Gasteiger partial charge in [-0.2, -0.15) is 0 Å². The Morgan fingerprint density at radius 3 is 1.59 bits per heavy atom. The van der Waals surface area contributed by atoms with Crippen LogP contribution in [-0.4, -0.2) is 11.7 Å². The van der Waals surface area contributed by atoms with Crippen LogP contribution < -0.4 is 0 Å². The van der Waals surface area contributed by atoms with Gasteiger partial charge in [-0.05, 0) is 81.3 Å². The predicted molar refractivity (Wildman–Crippen MR) is 132 cm³/mol. The Hall–Kier alpha value is -3.16. The van der Waals surface area contributed by atoms with Crippen LogP contribution in [0.1, 0.15) is 53.1 Å². The van der Waals surface area contributed by atoms with Crippen LogP contribution in [0.25, 0.3) is 22.3 Å². The molecule has 0 fully saturated rings. The summed E-state index contributed by atoms with van der Waals surface area (Å²) in [6.45, 7) is 2.62. The maximum absolute atomic E-state index is 9.79. The van der Waals surface area contributed by atoms with Crippen molar-refractivity contribution in [1.29, 1.82) is 0 Å². The van der Waals surface area contributed by atoms with Gasteiger partial charge in [0, 0.05) is 12.0 Å². The van der Waals surface area contributed by atoms with E-state index in [1.54, 1.807) is 0 Å². The minimum atomic E-state index is -0.149. The molecule has 1 N–H and O–H groups in total. The fourth-order valence-electron chi connectivity index (χ4n) is 6.20. The van der Waals surface area contributed by atoms with Gasteiger partial charge in [0.1, 0.15) is 0 Å². The fraction of sp³-hybridized carbons (Fsp3) is 0.226. The lowest BCUT2D eigenvalue weighted by molar-refractivity contribution is 0.272. The van der Waals surface area contributed by atoms with Crippen molar-refractivity contribution in [1.82, 2.24) is 0 Å². The van der Waals surface area contributed by atoms with Crippen molar-refractivity contribution < 1.29 is 5.11 Å². The summed E-state index contributed by atoms with van der Waals surface area (Å²) in [7, 11) is 0. The molecular formula is C31H28O. The molecule has 0 radical (unpaired) electrons. The van der Waals surface area contributed by atoms with E-state index < -0.39 is 0 Å². The van der Waals surface area contributed by atoms with Gasteiger partial charge in [-0.15, -0.1) is 0 Å². The van der Waals surface area contributed by atoms with Gasteiger partial charge in [-0.1, -0.05) is 91.9 Å². The van der Waals surface area contributed by atoms with E-state index in [4.69, 9.17) is 0 Å². The Morgan fingerprint density at radius 2 is 1.09 bits per heavy atom. The van der Waals surface area contributed by atoms with Crippen LogP contribution >= 0.6 is 0 Å². The molecule has 1 heteroatoms. The van der Waals surface area contributed by atoms with Crippen LogP contribution in [-0.2, 0) is 18.3 Å². The quantitative estimate of drug-likeness (QED) is 0.324. The van der Waals surface area contributed by atoms with E-state index in [1.165, 1.54) is 55.6 Å². The van der Waals surface area contributed by atoms with Crippen molar-refractivity contribution in [3.8, 4) is 22.3 Å². The average Bonchev–Trinajstić information content (AvgIpc) is 3.40. The van der Waals surface area contributed by atoms with Gasteiger partial charge < -0.3 is 5.11 Å². The second-order valence-corrected chi connectivity index (χ2v) is 9.49. The largest absolute Gasteiger partial charge is 0.396 e. The molecule has 0 spiro atoms. The molecule has 0 saturated carbocycles. The van der Waals surface area contributed by atoms with Crippen LogP contribution in [0.15, 0.2) is 84.9 Å². The van der Waals surface area contributed by atoms with Crippen LogP contribution in [0.5, 0.6) is 0 Å². The topological polar surface area (TPSA) is 20.2 Å². The minimum Gasteiger partial charge on any atom is -0.396 e. The number of rotatable bonds is 5. The third-order valence-electron chi connectivity index (χ3n) is 7.73. The molecule has 0 unspecified atom stereocenters. The SMILES string of the molecule is CC(CCCO)(c1cccc2c1Cc1ccccc1-2)c1cccc2c1Cc1ccccc1-2. The molecule has 0 saturated heterocycles. The molecule has 0 bridgehead atoms. The number of fused-ring (bicyclic) bond motifs is 6. The lowest BCUT2D eigenvalue weighted by atomic mass is 9.69. The van der Waals surface area contributed by atoms with Gasteiger partial charge in [0.15, 0.2) is 0 Å². The van der Waals surface area contributed by atoms with Crippen LogP contribution in [0.3, 0.4) is 0 Å². The Labute approximate surface area is 190 Å². The van der Waals surface area contributed by atoms with Gasteiger partial charge >= 0.3 is 0 Å². The first-order chi connectivity index (χ1) is 15.7. The van der Waals surface area contributed by atoms with E-state index in [9.17, 15) is 5.11 Å². The minimum absolute atomic E-state index is 0.149. The van der Waals surface area contributed by atoms with Crippen LogP contribution in [0.2, 0.25) is 0 Å². The van der Waals surface area contributed by atoms with Crippen molar-refractivity contribution in [2.24, 2.45) is 0 Å². The molecule has 4 aromatic rings. The molecule has 158 valence electrons. The highest BCUT2D eigenvalue weighted by Gasteiger charge is 2.37. The number of benzene rings is 4. The molecule has 2 aliphatic rings. The molecule has 1 nitrogen and oxygen atoms in total. The van der Waals surface area contributed by atoms with E-state index in [0.717, 1.165) is 25.7 Å². The zero-order valence-electron chi connectivity index (χ0n) is 18.6. The number of hydrogen-bond acceptors (Lipinski definition) is 1. The van der Waals surface area contributed by atoms with Crippen molar-refractivity contribution in [3.05, 3.63) is 118 Å². The Bertz CT molecular complexity index is 1230. The first kappa shape index (κ1) is 19.5. The van der Waals surface area contributed by atoms with Gasteiger partial charge in [-0.25, -0.2) is 0 Å². The zero-order valence-corrected chi connectivity index (χ0v) is 18.6. The molecule has 0 heterocycles. The smallest absolute Gasteiger partial charge is 0.0431 e. The fourth-order valence-corrected chi connectivity index (χ4v) is 6.20. The molecule has 0 aliphatic heterocycles. The molecule has 0 atom stereocenters. The highest BCUT2D eigenvalue weighted by molar-refractivity contribution is 5.81. The molecule has 0 amide bonds. The second-order valence-electron chi connectivity index (χ2n) is 9.49. The van der Waals surface area contributed by atoms with Crippen LogP contribution in [0, 0.1) is 0 Å². The summed E-state index contributed by atoms with van der Waals surface area (Å²) in [5, 5.41) is 9.79. The monoisotopic (exact) mass is 416 g/mol. The van der Waals surface area contributed by atoms with Crippen molar-refractivity contribution in [3.63, 3.8) is 0 Å². The third kappa shape index (κ3) is 2.81. The van der Waals surface area contributed by atoms with Gasteiger partial charge in [-0.3, -0.25) is 0 Å². The summed E-state index contributed by atoms with van der Waals surface area (Å²) in [6.07, 6.45) is 3.71. The van der Waals surface area contributed by atoms with Gasteiger partial charge in [0.2, 0.25) is 0 Å². The van der Waals surface area contributed by atoms with Crippen LogP contribution in [0.4, 0.5) is 0 Å². The molecular weight excluding hydrogens is 388 g/mol. The molecule has 2 aliphatic carbocycles. The third-order valence-corrected chi connectivity index (χ3v) is 7.73. The predicted octanol–water partition coefficient (Wildman–Crippen LogP) is 6.91. The number of hydrogen-bond donors (Lipinski definition) is 1. The lowest BCUT2D eigenvalue weighted by Crippen LogP contribution is -2.27. The molecule has 0 aromatic heterocycles. The summed E-state index contributed by atoms with van der Waals surface area (Å²) < 4.78 is 0. The summed E-state index contributed by atoms with van der Waals surface area (Å²) in [6, 6.07) is 31.3. The standard InChI is InChI=1S/C31H28O/c1-31(17-8-18-32,29-15-6-13-25-23-11-4-2-9-21(23)19-27(25)29)30-16-7-14-26-24-12-5-3-10-22(24)20-28(26)30/h2-7,9-16,32H,8,17-20H2,1H3. The first-order valence-corrected chi connectivity index (χ1v) is 11.7. The maximum Gasteiger partial charge on any atom is 0.0431 e. The summed E-state index contributed by atoms with van der Waals surface area (Å²) in [5.41, 5.74) is 14.0. The van der Waals surface area contributed by atoms with E-state index >= 15 is 0 Å². The second kappa shape index (κ2) is 7.46. The Morgan fingerprint density at radius 1 is 0.625 bits per heavy atom. The first-order valence-electron chi connectivity index (χ1n) is 11.7. The summed E-state index contributed by atoms with van der Waals surface area (Å²) in [4.78, 5) is 0. The highest BCUT2D eigenvalue weighted by Crippen LogP contribution is 2.49. The van der Waals surface area contributed by atoms with Gasteiger partial charge in [0.25, 0.3) is 0 Å². The summed E-state index contributed by atoms with van der Waals surface area (Å²) in [5.74, 6) is 0. The van der Waals surface area contributed by atoms with Crippen molar-refractivity contribution >= 4 is 0 Å². The average molecular weight is 417 g/mol. The van der Waals surface area contributed by atoms with Crippen molar-refractivity contribution in [2.45, 2.75) is 38.0 Å².